The molecule has 4 nitrogen and oxygen atoms in total. The highest BCUT2D eigenvalue weighted by Gasteiger charge is 2.21. The molecule has 1 aromatic heterocycles. The average molecular weight is 342 g/mol. The highest BCUT2D eigenvalue weighted by Crippen LogP contribution is 2.17. The lowest BCUT2D eigenvalue weighted by molar-refractivity contribution is 0.0903. The second kappa shape index (κ2) is 7.27. The third-order valence-electron chi connectivity index (χ3n) is 3.93. The van der Waals surface area contributed by atoms with E-state index in [-0.39, 0.29) is 5.91 Å². The lowest BCUT2D eigenvalue weighted by Crippen LogP contribution is -2.44. The Morgan fingerprint density at radius 1 is 1.40 bits per heavy atom. The highest BCUT2D eigenvalue weighted by atomic mass is 79.9. The van der Waals surface area contributed by atoms with Gasteiger partial charge in [-0.2, -0.15) is 0 Å². The van der Waals surface area contributed by atoms with Gasteiger partial charge in [0.2, 0.25) is 0 Å². The smallest absolute Gasteiger partial charge is 0.268 e. The van der Waals surface area contributed by atoms with E-state index in [9.17, 15) is 4.79 Å². The summed E-state index contributed by atoms with van der Waals surface area (Å²) in [6, 6.07) is 2.22. The molecular weight excluding hydrogens is 318 g/mol. The van der Waals surface area contributed by atoms with Gasteiger partial charge in [0.05, 0.1) is 0 Å². The quantitative estimate of drug-likeness (QED) is 0.893. The molecule has 1 aliphatic rings. The number of aromatic nitrogens is 1. The zero-order valence-corrected chi connectivity index (χ0v) is 13.9. The number of hydrogen-bond acceptors (Lipinski definition) is 2. The Labute approximate surface area is 129 Å². The lowest BCUT2D eigenvalue weighted by Gasteiger charge is -2.31. The van der Waals surface area contributed by atoms with Crippen molar-refractivity contribution in [3.8, 4) is 0 Å². The Balaban J connectivity index is 1.95. The summed E-state index contributed by atoms with van der Waals surface area (Å²) in [5, 5.41) is 3.18. The number of rotatable bonds is 5. The van der Waals surface area contributed by atoms with E-state index in [2.05, 4.69) is 40.0 Å². The van der Waals surface area contributed by atoms with Crippen LogP contribution >= 0.6 is 15.9 Å². The average Bonchev–Trinajstić information content (AvgIpc) is 2.81. The molecule has 0 aromatic carbocycles. The molecule has 1 aliphatic heterocycles. The first kappa shape index (κ1) is 15.6. The van der Waals surface area contributed by atoms with Gasteiger partial charge in [0.15, 0.2) is 0 Å². The topological polar surface area (TPSA) is 37.3 Å². The molecule has 0 aliphatic carbocycles. The van der Waals surface area contributed by atoms with Gasteiger partial charge < -0.3 is 14.8 Å². The van der Waals surface area contributed by atoms with Crippen molar-refractivity contribution in [1.29, 1.82) is 0 Å². The zero-order valence-electron chi connectivity index (χ0n) is 12.4. The second-order valence-electron chi connectivity index (χ2n) is 5.42. The van der Waals surface area contributed by atoms with Gasteiger partial charge in [0, 0.05) is 36.3 Å². The van der Waals surface area contributed by atoms with Crippen molar-refractivity contribution in [3.05, 3.63) is 22.4 Å². The number of nitrogens with zero attached hydrogens (tertiary/aromatic N) is 2. The molecule has 1 amide bonds. The second-order valence-corrected chi connectivity index (χ2v) is 6.33. The first-order chi connectivity index (χ1) is 9.63. The molecule has 1 fully saturated rings. The number of amides is 1. The van der Waals surface area contributed by atoms with Crippen LogP contribution in [0.1, 0.15) is 43.6 Å². The Hall–Kier alpha value is -0.810. The van der Waals surface area contributed by atoms with Gasteiger partial charge in [-0.1, -0.05) is 13.8 Å². The third kappa shape index (κ3) is 3.85. The van der Waals surface area contributed by atoms with Crippen LogP contribution in [0.25, 0.3) is 0 Å². The largest absolute Gasteiger partial charge is 0.348 e. The van der Waals surface area contributed by atoms with E-state index >= 15 is 0 Å². The fraction of sp³-hybridized carbons (Fsp3) is 0.667. The van der Waals surface area contributed by atoms with Gasteiger partial charge in [-0.05, 0) is 47.8 Å². The molecule has 0 unspecified atom stereocenters. The Bertz CT molecular complexity index is 450. The van der Waals surface area contributed by atoms with Gasteiger partial charge >= 0.3 is 0 Å². The summed E-state index contributed by atoms with van der Waals surface area (Å²) in [5.41, 5.74) is 0.761. The molecule has 1 saturated heterocycles. The lowest BCUT2D eigenvalue weighted by atomic mass is 10.0. The van der Waals surface area contributed by atoms with Crippen LogP contribution in [-0.2, 0) is 6.54 Å². The molecule has 5 heteroatoms. The van der Waals surface area contributed by atoms with Gasteiger partial charge in [0.1, 0.15) is 5.69 Å². The summed E-state index contributed by atoms with van der Waals surface area (Å²) in [4.78, 5) is 14.8. The maximum Gasteiger partial charge on any atom is 0.268 e. The molecular formula is C15H24BrN3O. The van der Waals surface area contributed by atoms with E-state index in [0.29, 0.717) is 6.04 Å². The van der Waals surface area contributed by atoms with Crippen LogP contribution in [0, 0.1) is 0 Å². The first-order valence-corrected chi connectivity index (χ1v) is 8.32. The molecule has 1 N–H and O–H groups in total. The molecule has 1 aromatic rings. The summed E-state index contributed by atoms with van der Waals surface area (Å²) in [7, 11) is 0. The maximum atomic E-state index is 12.4. The van der Waals surface area contributed by atoms with Gasteiger partial charge in [-0.3, -0.25) is 4.79 Å². The monoisotopic (exact) mass is 341 g/mol. The number of hydrogen-bond donors (Lipinski definition) is 1. The van der Waals surface area contributed by atoms with E-state index in [4.69, 9.17) is 0 Å². The number of carbonyl (C=O) groups excluding carboxylic acids is 1. The van der Waals surface area contributed by atoms with Crippen LogP contribution in [0.15, 0.2) is 16.7 Å². The summed E-state index contributed by atoms with van der Waals surface area (Å²) in [6.45, 7) is 8.46. The summed E-state index contributed by atoms with van der Waals surface area (Å²) < 4.78 is 3.00. The number of carbonyl (C=O) groups is 1. The van der Waals surface area contributed by atoms with Crippen molar-refractivity contribution < 1.29 is 4.79 Å². The van der Waals surface area contributed by atoms with Crippen LogP contribution in [0.4, 0.5) is 0 Å². The van der Waals surface area contributed by atoms with Gasteiger partial charge in [0.25, 0.3) is 5.91 Å². The maximum absolute atomic E-state index is 12.4. The van der Waals surface area contributed by atoms with Crippen molar-refractivity contribution in [2.24, 2.45) is 0 Å². The molecule has 0 atom stereocenters. The molecule has 2 rings (SSSR count). The number of likely N-dealkylation sites (tertiary alicyclic amines) is 1. The predicted octanol–water partition coefficient (Wildman–Crippen LogP) is 2.87. The van der Waals surface area contributed by atoms with Crippen molar-refractivity contribution >= 4 is 21.8 Å². The number of halogens is 1. The molecule has 0 radical (unpaired) electrons. The van der Waals surface area contributed by atoms with E-state index in [0.717, 1.165) is 55.6 Å². The van der Waals surface area contributed by atoms with E-state index in [1.165, 1.54) is 0 Å². The summed E-state index contributed by atoms with van der Waals surface area (Å²) in [6.07, 6.45) is 5.11. The Morgan fingerprint density at radius 2 is 2.10 bits per heavy atom. The van der Waals surface area contributed by atoms with Crippen molar-refractivity contribution in [3.63, 3.8) is 0 Å². The molecule has 0 spiro atoms. The third-order valence-corrected chi connectivity index (χ3v) is 4.36. The van der Waals surface area contributed by atoms with Crippen molar-refractivity contribution in [2.75, 3.05) is 19.6 Å². The van der Waals surface area contributed by atoms with Crippen molar-refractivity contribution in [2.45, 2.75) is 45.7 Å². The van der Waals surface area contributed by atoms with Crippen LogP contribution in [-0.4, -0.2) is 41.1 Å². The first-order valence-electron chi connectivity index (χ1n) is 7.53. The number of piperidine rings is 1. The highest BCUT2D eigenvalue weighted by molar-refractivity contribution is 9.10. The van der Waals surface area contributed by atoms with Crippen molar-refractivity contribution in [1.82, 2.24) is 14.8 Å². The molecule has 0 bridgehead atoms. The molecule has 112 valence electrons. The van der Waals surface area contributed by atoms with E-state index < -0.39 is 0 Å². The summed E-state index contributed by atoms with van der Waals surface area (Å²) in [5.74, 6) is 0.0547. The van der Waals surface area contributed by atoms with Crippen LogP contribution in [0.2, 0.25) is 0 Å². The summed E-state index contributed by atoms with van der Waals surface area (Å²) >= 11 is 3.46. The van der Waals surface area contributed by atoms with E-state index in [1.807, 2.05) is 16.8 Å². The minimum Gasteiger partial charge on any atom is -0.348 e. The SMILES string of the molecule is CCCn1cc(Br)cc1C(=O)NC1CCN(CC)CC1. The Kier molecular flexibility index (Phi) is 5.66. The zero-order chi connectivity index (χ0) is 14.5. The van der Waals surface area contributed by atoms with Gasteiger partial charge in [-0.25, -0.2) is 0 Å². The van der Waals surface area contributed by atoms with Crippen LogP contribution < -0.4 is 5.32 Å². The van der Waals surface area contributed by atoms with E-state index in [1.54, 1.807) is 0 Å². The fourth-order valence-corrected chi connectivity index (χ4v) is 3.21. The minimum absolute atomic E-state index is 0.0547. The van der Waals surface area contributed by atoms with Crippen LogP contribution in [0.3, 0.4) is 0 Å². The number of nitrogens with one attached hydrogen (secondary N) is 1. The Morgan fingerprint density at radius 3 is 2.70 bits per heavy atom. The standard InChI is InChI=1S/C15H24BrN3O/c1-3-7-19-11-12(16)10-14(19)15(20)17-13-5-8-18(4-2)9-6-13/h10-11,13H,3-9H2,1-2H3,(H,17,20). The molecule has 0 saturated carbocycles. The molecule has 20 heavy (non-hydrogen) atoms. The normalized spacial score (nSPS) is 17.4. The van der Waals surface area contributed by atoms with Crippen LogP contribution in [0.5, 0.6) is 0 Å². The van der Waals surface area contributed by atoms with Gasteiger partial charge in [-0.15, -0.1) is 0 Å². The predicted molar refractivity (Wildman–Crippen MR) is 85.0 cm³/mol. The minimum atomic E-state index is 0.0547. The number of aryl methyl sites for hydroxylation is 1. The fourth-order valence-electron chi connectivity index (χ4n) is 2.74. The molecule has 2 heterocycles.